The molecule has 23 heavy (non-hydrogen) atoms. The van der Waals surface area contributed by atoms with E-state index in [1.165, 1.54) is 0 Å². The van der Waals surface area contributed by atoms with Gasteiger partial charge in [0.25, 0.3) is 0 Å². The van der Waals surface area contributed by atoms with Crippen molar-refractivity contribution in [2.45, 2.75) is 26.5 Å². The molecule has 0 aromatic carbocycles. The van der Waals surface area contributed by atoms with E-state index in [1.54, 1.807) is 13.0 Å². The zero-order chi connectivity index (χ0) is 16.2. The molecule has 1 N–H and O–H groups in total. The van der Waals surface area contributed by atoms with E-state index in [2.05, 4.69) is 20.5 Å². The molecule has 8 heteroatoms. The second kappa shape index (κ2) is 6.93. The molecular formula is C15H21N5O3. The van der Waals surface area contributed by atoms with Gasteiger partial charge >= 0.3 is 0 Å². The number of amides is 1. The van der Waals surface area contributed by atoms with E-state index in [4.69, 9.17) is 9.26 Å². The van der Waals surface area contributed by atoms with Crippen molar-refractivity contribution in [3.63, 3.8) is 0 Å². The van der Waals surface area contributed by atoms with Crippen LogP contribution in [0.15, 0.2) is 23.0 Å². The molecule has 8 nitrogen and oxygen atoms in total. The van der Waals surface area contributed by atoms with E-state index in [1.807, 2.05) is 24.0 Å². The maximum absolute atomic E-state index is 12.1. The van der Waals surface area contributed by atoms with Crippen molar-refractivity contribution in [2.75, 3.05) is 31.6 Å². The van der Waals surface area contributed by atoms with Gasteiger partial charge in [-0.1, -0.05) is 5.16 Å². The monoisotopic (exact) mass is 319 g/mol. The first-order chi connectivity index (χ1) is 11.1. The Balaban J connectivity index is 1.49. The van der Waals surface area contributed by atoms with Crippen LogP contribution < -0.4 is 5.32 Å². The Hall–Kier alpha value is -2.19. The molecule has 0 spiro atoms. The SMILES string of the molecule is Cc1cnn(CC2CN(CC(=O)Nc3cc(C)on3)CCO2)c1. The van der Waals surface area contributed by atoms with E-state index in [0.29, 0.717) is 37.8 Å². The summed E-state index contributed by atoms with van der Waals surface area (Å²) in [7, 11) is 0. The summed E-state index contributed by atoms with van der Waals surface area (Å²) in [4.78, 5) is 14.1. The molecule has 1 aliphatic heterocycles. The normalized spacial score (nSPS) is 19.0. The Kier molecular flexibility index (Phi) is 4.73. The summed E-state index contributed by atoms with van der Waals surface area (Å²) >= 11 is 0. The molecule has 3 heterocycles. The molecule has 124 valence electrons. The first kappa shape index (κ1) is 15.7. The number of hydrogen-bond acceptors (Lipinski definition) is 6. The fourth-order valence-electron chi connectivity index (χ4n) is 2.62. The molecule has 1 saturated heterocycles. The molecule has 1 amide bonds. The molecule has 2 aromatic rings. The van der Waals surface area contributed by atoms with Gasteiger partial charge in [-0.2, -0.15) is 5.10 Å². The van der Waals surface area contributed by atoms with E-state index in [9.17, 15) is 4.79 Å². The molecule has 1 unspecified atom stereocenters. The van der Waals surface area contributed by atoms with Crippen molar-refractivity contribution < 1.29 is 14.1 Å². The van der Waals surface area contributed by atoms with Gasteiger partial charge in [-0.3, -0.25) is 14.4 Å². The Bertz CT molecular complexity index is 666. The quantitative estimate of drug-likeness (QED) is 0.878. The van der Waals surface area contributed by atoms with Crippen molar-refractivity contribution in [2.24, 2.45) is 0 Å². The molecule has 0 saturated carbocycles. The summed E-state index contributed by atoms with van der Waals surface area (Å²) in [6, 6.07) is 1.69. The first-order valence-corrected chi connectivity index (χ1v) is 7.64. The number of hydrogen-bond donors (Lipinski definition) is 1. The predicted molar refractivity (Wildman–Crippen MR) is 83.0 cm³/mol. The Labute approximate surface area is 134 Å². The first-order valence-electron chi connectivity index (χ1n) is 7.64. The number of carbonyl (C=O) groups is 1. The predicted octanol–water partition coefficient (Wildman–Crippen LogP) is 0.827. The topological polar surface area (TPSA) is 85.4 Å². The Morgan fingerprint density at radius 1 is 1.48 bits per heavy atom. The number of carbonyl (C=O) groups excluding carboxylic acids is 1. The van der Waals surface area contributed by atoms with Crippen LogP contribution >= 0.6 is 0 Å². The third-order valence-electron chi connectivity index (χ3n) is 3.64. The minimum Gasteiger partial charge on any atom is -0.374 e. The minimum atomic E-state index is -0.103. The van der Waals surface area contributed by atoms with Gasteiger partial charge in [0.2, 0.25) is 5.91 Å². The van der Waals surface area contributed by atoms with Gasteiger partial charge < -0.3 is 14.6 Å². The zero-order valence-electron chi connectivity index (χ0n) is 13.4. The third kappa shape index (κ3) is 4.40. The van der Waals surface area contributed by atoms with Crippen LogP contribution in [-0.4, -0.2) is 58.1 Å². The van der Waals surface area contributed by atoms with Crippen LogP contribution in [0.2, 0.25) is 0 Å². The molecule has 3 rings (SSSR count). The summed E-state index contributed by atoms with van der Waals surface area (Å²) in [5, 5.41) is 10.8. The summed E-state index contributed by atoms with van der Waals surface area (Å²) in [6.45, 7) is 6.84. The summed E-state index contributed by atoms with van der Waals surface area (Å²) in [5.74, 6) is 1.01. The lowest BCUT2D eigenvalue weighted by Gasteiger charge is -2.32. The zero-order valence-corrected chi connectivity index (χ0v) is 13.4. The molecular weight excluding hydrogens is 298 g/mol. The Morgan fingerprint density at radius 2 is 2.35 bits per heavy atom. The lowest BCUT2D eigenvalue weighted by Crippen LogP contribution is -2.47. The number of anilines is 1. The van der Waals surface area contributed by atoms with Crippen molar-refractivity contribution in [1.29, 1.82) is 0 Å². The summed E-state index contributed by atoms with van der Waals surface area (Å²) in [5.41, 5.74) is 1.12. The largest absolute Gasteiger partial charge is 0.374 e. The van der Waals surface area contributed by atoms with Crippen molar-refractivity contribution in [3.8, 4) is 0 Å². The number of aromatic nitrogens is 3. The van der Waals surface area contributed by atoms with Crippen LogP contribution in [0.25, 0.3) is 0 Å². The Morgan fingerprint density at radius 3 is 3.04 bits per heavy atom. The van der Waals surface area contributed by atoms with E-state index >= 15 is 0 Å². The van der Waals surface area contributed by atoms with Gasteiger partial charge in [0.15, 0.2) is 5.82 Å². The van der Waals surface area contributed by atoms with Crippen LogP contribution in [0, 0.1) is 13.8 Å². The van der Waals surface area contributed by atoms with Gasteiger partial charge in [0.1, 0.15) is 5.76 Å². The van der Waals surface area contributed by atoms with Crippen molar-refractivity contribution in [3.05, 3.63) is 29.8 Å². The molecule has 1 atom stereocenters. The summed E-state index contributed by atoms with van der Waals surface area (Å²) < 4.78 is 12.6. The molecule has 1 aliphatic rings. The van der Waals surface area contributed by atoms with Crippen molar-refractivity contribution in [1.82, 2.24) is 19.8 Å². The second-order valence-corrected chi connectivity index (χ2v) is 5.84. The van der Waals surface area contributed by atoms with Crippen LogP contribution in [-0.2, 0) is 16.1 Å². The average Bonchev–Trinajstić information content (AvgIpc) is 3.08. The standard InChI is InChI=1S/C15H21N5O3/c1-11-6-16-20(7-11)9-13-8-19(3-4-22-13)10-15(21)17-14-5-12(2)23-18-14/h5-7,13H,3-4,8-10H2,1-2H3,(H,17,18,21). The maximum atomic E-state index is 12.1. The van der Waals surface area contributed by atoms with Gasteiger partial charge in [0, 0.05) is 25.4 Å². The van der Waals surface area contributed by atoms with E-state index in [0.717, 1.165) is 12.1 Å². The van der Waals surface area contributed by atoms with E-state index in [-0.39, 0.29) is 12.0 Å². The van der Waals surface area contributed by atoms with Gasteiger partial charge in [-0.25, -0.2) is 0 Å². The van der Waals surface area contributed by atoms with Gasteiger partial charge in [-0.15, -0.1) is 0 Å². The highest BCUT2D eigenvalue weighted by Gasteiger charge is 2.23. The highest BCUT2D eigenvalue weighted by atomic mass is 16.5. The van der Waals surface area contributed by atoms with Gasteiger partial charge in [0.05, 0.1) is 32.0 Å². The molecule has 0 aliphatic carbocycles. The molecule has 1 fully saturated rings. The minimum absolute atomic E-state index is 0.0325. The third-order valence-corrected chi connectivity index (χ3v) is 3.64. The highest BCUT2D eigenvalue weighted by molar-refractivity contribution is 5.91. The number of nitrogens with zero attached hydrogens (tertiary/aromatic N) is 4. The summed E-state index contributed by atoms with van der Waals surface area (Å²) in [6.07, 6.45) is 3.85. The second-order valence-electron chi connectivity index (χ2n) is 5.84. The lowest BCUT2D eigenvalue weighted by atomic mass is 10.2. The number of rotatable bonds is 5. The maximum Gasteiger partial charge on any atom is 0.239 e. The average molecular weight is 319 g/mol. The van der Waals surface area contributed by atoms with E-state index < -0.39 is 0 Å². The lowest BCUT2D eigenvalue weighted by molar-refractivity contribution is -0.119. The number of aryl methyl sites for hydroxylation is 2. The number of ether oxygens (including phenoxy) is 1. The molecule has 0 radical (unpaired) electrons. The van der Waals surface area contributed by atoms with Crippen molar-refractivity contribution >= 4 is 11.7 Å². The van der Waals surface area contributed by atoms with Crippen LogP contribution in [0.1, 0.15) is 11.3 Å². The molecule has 2 aromatic heterocycles. The van der Waals surface area contributed by atoms with Crippen LogP contribution in [0.5, 0.6) is 0 Å². The van der Waals surface area contributed by atoms with Crippen LogP contribution in [0.3, 0.4) is 0 Å². The highest BCUT2D eigenvalue weighted by Crippen LogP contribution is 2.10. The number of nitrogens with one attached hydrogen (secondary N) is 1. The smallest absolute Gasteiger partial charge is 0.239 e. The van der Waals surface area contributed by atoms with Crippen LogP contribution in [0.4, 0.5) is 5.82 Å². The van der Waals surface area contributed by atoms with Gasteiger partial charge in [-0.05, 0) is 19.4 Å². The fourth-order valence-corrected chi connectivity index (χ4v) is 2.62. The molecule has 0 bridgehead atoms. The number of morpholine rings is 1. The fraction of sp³-hybridized carbons (Fsp3) is 0.533.